The van der Waals surface area contributed by atoms with Gasteiger partial charge in [-0.05, 0) is 141 Å². The summed E-state index contributed by atoms with van der Waals surface area (Å²) in [5.41, 5.74) is 11.1. The number of benzene rings is 4. The monoisotopic (exact) mass is 808 g/mol. The smallest absolute Gasteiger partial charge is 0.322 e. The van der Waals surface area contributed by atoms with E-state index in [4.69, 9.17) is 11.6 Å². The van der Waals surface area contributed by atoms with Gasteiger partial charge in [-0.15, -0.1) is 0 Å². The van der Waals surface area contributed by atoms with Gasteiger partial charge in [-0.3, -0.25) is 14.6 Å². The van der Waals surface area contributed by atoms with Crippen LogP contribution in [0.2, 0.25) is 5.02 Å². The van der Waals surface area contributed by atoms with Gasteiger partial charge in [-0.2, -0.15) is 4.98 Å². The van der Waals surface area contributed by atoms with Gasteiger partial charge in [-0.25, -0.2) is 19.8 Å². The number of rotatable bonds is 9. The first kappa shape index (κ1) is 41.0. The van der Waals surface area contributed by atoms with Crippen molar-refractivity contribution in [3.05, 3.63) is 159 Å². The molecule has 0 amide bonds. The summed E-state index contributed by atoms with van der Waals surface area (Å²) in [6, 6.07) is 24.9. The molecule has 9 rings (SSSR count). The molecule has 0 atom stereocenters. The summed E-state index contributed by atoms with van der Waals surface area (Å²) in [4.78, 5) is 61.6. The van der Waals surface area contributed by atoms with Crippen LogP contribution >= 0.6 is 11.6 Å². The van der Waals surface area contributed by atoms with Crippen LogP contribution in [0.5, 0.6) is 0 Å². The van der Waals surface area contributed by atoms with Gasteiger partial charge in [0.2, 0.25) is 0 Å². The van der Waals surface area contributed by atoms with Crippen LogP contribution in [0, 0.1) is 27.7 Å². The maximum Gasteiger partial charge on any atom is 0.349 e. The van der Waals surface area contributed by atoms with Crippen LogP contribution < -0.4 is 32.5 Å². The average molecular weight is 809 g/mol. The lowest BCUT2D eigenvalue weighted by atomic mass is 10.0. The van der Waals surface area contributed by atoms with Crippen LogP contribution in [0.4, 0.5) is 17.2 Å². The van der Waals surface area contributed by atoms with Crippen LogP contribution in [0.3, 0.4) is 0 Å². The quantitative estimate of drug-likeness (QED) is 0.142. The maximum absolute atomic E-state index is 12.5. The second-order valence-corrected chi connectivity index (χ2v) is 15.8. The number of nitrogens with zero attached hydrogens (tertiary/aromatic N) is 6. The lowest BCUT2D eigenvalue weighted by Crippen LogP contribution is -2.42. The summed E-state index contributed by atoms with van der Waals surface area (Å²) in [6.07, 6.45) is 6.09. The summed E-state index contributed by atoms with van der Waals surface area (Å²) in [7, 11) is 0. The first-order chi connectivity index (χ1) is 27.9. The third-order valence-corrected chi connectivity index (χ3v) is 11.5. The Labute approximate surface area is 347 Å². The average Bonchev–Trinajstić information content (AvgIpc) is 4.03. The van der Waals surface area contributed by atoms with E-state index in [0.717, 1.165) is 70.8 Å². The number of aromatic nitrogens is 6. The van der Waals surface area contributed by atoms with Crippen LogP contribution in [0.25, 0.3) is 29.1 Å². The first-order valence-corrected chi connectivity index (χ1v) is 20.1. The highest BCUT2D eigenvalue weighted by molar-refractivity contribution is 6.31. The van der Waals surface area contributed by atoms with Crippen molar-refractivity contribution < 1.29 is 0 Å². The number of hydrogen-bond acceptors (Lipinski definition) is 8. The van der Waals surface area contributed by atoms with E-state index < -0.39 is 11.2 Å². The van der Waals surface area contributed by atoms with E-state index in [2.05, 4.69) is 90.8 Å². The number of hydrogen-bond donors (Lipinski definition) is 2. The highest BCUT2D eigenvalue weighted by Crippen LogP contribution is 2.46. The Hall–Kier alpha value is -6.20. The van der Waals surface area contributed by atoms with Gasteiger partial charge in [0.25, 0.3) is 11.1 Å². The molecule has 2 N–H and O–H groups in total. The summed E-state index contributed by atoms with van der Waals surface area (Å²) in [6.45, 7) is 13.4. The summed E-state index contributed by atoms with van der Waals surface area (Å²) >= 11 is 6.12. The van der Waals surface area contributed by atoms with Gasteiger partial charge in [0.1, 0.15) is 5.48 Å². The normalized spacial score (nSPS) is 12.9. The predicted octanol–water partition coefficient (Wildman–Crippen LogP) is 7.83. The number of nitrogens with one attached hydrogen (secondary N) is 2. The Kier molecular flexibility index (Phi) is 11.8. The standard InChI is InChI=1S/C24H24N4O.C22H21ClN4O2.CH4/c1-15-13-20-21(14-19(15)18-10-11-18)28(12-6-9-17-7-4-3-5-8-17)23-22(27-20)24(29)26-16(2)25-23;1-12-10-17-18(11-13(12)2)27(20-19(24-17)21(28)26-22(29)25-20)8-4-5-15-6-7-16(23)14(3)9-15;/h3-5,7-8,13-14,18H,2,6,9-12H2,1H3,(H,26,29);6-7,9-11H,4-5,8H2,1-3H3,(H,26,28,29);1H4. The Balaban J connectivity index is 0.000000176. The lowest BCUT2D eigenvalue weighted by molar-refractivity contribution is 0.648. The van der Waals surface area contributed by atoms with Crippen LogP contribution in [0.1, 0.15) is 78.0 Å². The van der Waals surface area contributed by atoms with Gasteiger partial charge in [0, 0.05) is 18.1 Å². The zero-order valence-electron chi connectivity index (χ0n) is 33.2. The molecule has 12 heteroatoms. The van der Waals surface area contributed by atoms with Crippen molar-refractivity contribution in [3.63, 3.8) is 0 Å². The van der Waals surface area contributed by atoms with E-state index in [0.29, 0.717) is 40.5 Å². The number of halogens is 1. The minimum Gasteiger partial charge on any atom is -0.322 e. The molecule has 1 fully saturated rings. The third-order valence-electron chi connectivity index (χ3n) is 11.1. The van der Waals surface area contributed by atoms with Crippen molar-refractivity contribution in [1.82, 2.24) is 29.5 Å². The van der Waals surface area contributed by atoms with Gasteiger partial charge in [-0.1, -0.05) is 68.1 Å². The minimum absolute atomic E-state index is 0. The molecule has 0 spiro atoms. The van der Waals surface area contributed by atoms with Crippen LogP contribution in [-0.2, 0) is 19.4 Å². The molecule has 0 saturated heterocycles. The molecule has 0 radical (unpaired) electrons. The molecule has 4 heterocycles. The summed E-state index contributed by atoms with van der Waals surface area (Å²) in [5.74, 6) is 1.59. The van der Waals surface area contributed by atoms with Gasteiger partial charge < -0.3 is 14.5 Å². The Morgan fingerprint density at radius 3 is 2.24 bits per heavy atom. The Morgan fingerprint density at radius 2 is 1.49 bits per heavy atom. The van der Waals surface area contributed by atoms with E-state index in [1.807, 2.05) is 55.7 Å². The van der Waals surface area contributed by atoms with Crippen molar-refractivity contribution in [2.24, 2.45) is 4.99 Å². The molecule has 3 aliphatic heterocycles. The molecule has 1 saturated carbocycles. The molecule has 1 aromatic heterocycles. The number of aryl methyl sites for hydroxylation is 7. The highest BCUT2D eigenvalue weighted by Gasteiger charge is 2.29. The molecule has 0 bridgehead atoms. The predicted molar refractivity (Wildman–Crippen MR) is 237 cm³/mol. The zero-order valence-corrected chi connectivity index (χ0v) is 33.9. The Morgan fingerprint density at radius 1 is 0.763 bits per heavy atom. The second kappa shape index (κ2) is 17.0. The Bertz CT molecular complexity index is 2970. The molecule has 1 aliphatic carbocycles. The minimum atomic E-state index is -0.658. The fourth-order valence-electron chi connectivity index (χ4n) is 7.75. The maximum atomic E-state index is 12.5. The largest absolute Gasteiger partial charge is 0.349 e. The molecule has 0 unspecified atom stereocenters. The number of fused-ring (bicyclic) bond motifs is 4. The van der Waals surface area contributed by atoms with E-state index in [9.17, 15) is 14.4 Å². The van der Waals surface area contributed by atoms with Crippen molar-refractivity contribution in [2.45, 2.75) is 86.1 Å². The van der Waals surface area contributed by atoms with Crippen molar-refractivity contribution in [3.8, 4) is 11.5 Å². The number of aromatic amines is 2. The van der Waals surface area contributed by atoms with Gasteiger partial charge in [0.05, 0.1) is 22.4 Å². The molecule has 5 aromatic rings. The van der Waals surface area contributed by atoms with Gasteiger partial charge >= 0.3 is 5.69 Å². The van der Waals surface area contributed by atoms with Gasteiger partial charge in [0.15, 0.2) is 22.7 Å². The molecular weight excluding hydrogens is 760 g/mol. The van der Waals surface area contributed by atoms with E-state index in [-0.39, 0.29) is 18.7 Å². The molecule has 4 aromatic carbocycles. The molecule has 4 aliphatic rings. The fraction of sp³-hybridized carbons (Fsp3) is 0.298. The van der Waals surface area contributed by atoms with Crippen molar-refractivity contribution in [2.75, 3.05) is 11.4 Å². The van der Waals surface area contributed by atoms with Crippen molar-refractivity contribution in [1.29, 1.82) is 0 Å². The van der Waals surface area contributed by atoms with Crippen molar-refractivity contribution >= 4 is 46.4 Å². The third kappa shape index (κ3) is 8.66. The van der Waals surface area contributed by atoms with E-state index >= 15 is 0 Å². The number of H-pyrrole nitrogens is 2. The molecule has 302 valence electrons. The molecule has 11 nitrogen and oxygen atoms in total. The van der Waals surface area contributed by atoms with Crippen LogP contribution in [-0.4, -0.2) is 36.0 Å². The summed E-state index contributed by atoms with van der Waals surface area (Å²) in [5, 5.41) is 1.13. The second-order valence-electron chi connectivity index (χ2n) is 15.4. The zero-order chi connectivity index (χ0) is 40.7. The molecular formula is C47H49ClN8O3. The number of anilines is 2. The SMILES string of the molecule is C.C=c1nc2c(c(=O)[nH]1)=Nc1cc(C)c(C3CC3)cc1N2CCCc1ccccc1.Cc1cc2nc3c(=O)[nH]c(=O)nc-3n(CCCc3ccc(Cl)c(C)c3)c2cc1C. The fourth-order valence-corrected chi connectivity index (χ4v) is 7.87. The summed E-state index contributed by atoms with van der Waals surface area (Å²) < 4.78 is 1.93. The lowest BCUT2D eigenvalue weighted by Gasteiger charge is -2.29. The topological polar surface area (TPSA) is 142 Å². The highest BCUT2D eigenvalue weighted by atomic mass is 35.5. The molecule has 59 heavy (non-hydrogen) atoms. The van der Waals surface area contributed by atoms with E-state index in [1.165, 1.54) is 35.1 Å². The van der Waals surface area contributed by atoms with E-state index in [1.54, 1.807) is 0 Å². The first-order valence-electron chi connectivity index (χ1n) is 19.7. The van der Waals surface area contributed by atoms with Crippen LogP contribution in [0.15, 0.2) is 92.2 Å².